The van der Waals surface area contributed by atoms with E-state index in [2.05, 4.69) is 288 Å². The van der Waals surface area contributed by atoms with Gasteiger partial charge >= 0.3 is 0 Å². The maximum absolute atomic E-state index is 12.6. The van der Waals surface area contributed by atoms with Crippen LogP contribution in [0.25, 0.3) is 94.8 Å². The van der Waals surface area contributed by atoms with Crippen LogP contribution in [0.3, 0.4) is 0 Å². The van der Waals surface area contributed by atoms with E-state index in [1.165, 1.54) is 77.7 Å². The highest BCUT2D eigenvalue weighted by atomic mass is 16.3. The number of phenolic OH excluding ortho intramolecular Hbond substituents is 1. The van der Waals surface area contributed by atoms with Gasteiger partial charge in [0, 0.05) is 22.3 Å². The third kappa shape index (κ3) is 10.3. The molecular weight excluding hydrogens is 1010 g/mol. The molecule has 0 amide bonds. The standard InChI is InChI=1S/C79H87N3O/c1-46(2)60-39-52(58-32-33-64-71-59(58)28-25-29-63(71)78(16,17)45-79(64,18)19)40-61(47(3)4)72(60)82-69-31-24-23-30-66(69)81-74(82)55-36-53(37-56(38-55)75(7,8)9)67-41-54(70-48(5)34-51(35-49(70)6)50-26-21-20-22-27-50)42-68(80-67)62-43-57(76(10,11)12)44-65(73(62)83)77(13,14)15/h20-44,46-47,83H,45H2,1-19H3. The van der Waals surface area contributed by atoms with E-state index < -0.39 is 0 Å². The van der Waals surface area contributed by atoms with E-state index in [9.17, 15) is 5.11 Å². The number of fused-ring (bicyclic) bond motifs is 1. The van der Waals surface area contributed by atoms with Gasteiger partial charge in [-0.2, -0.15) is 0 Å². The molecule has 0 radical (unpaired) electrons. The zero-order valence-corrected chi connectivity index (χ0v) is 53.1. The molecule has 0 spiro atoms. The van der Waals surface area contributed by atoms with E-state index in [1.807, 2.05) is 0 Å². The Bertz CT molecular complexity index is 4120. The van der Waals surface area contributed by atoms with Crippen LogP contribution < -0.4 is 0 Å². The molecular formula is C79H87N3O. The molecule has 2 aromatic heterocycles. The van der Waals surface area contributed by atoms with Crippen LogP contribution in [0.1, 0.15) is 186 Å². The number of imidazole rings is 1. The van der Waals surface area contributed by atoms with Crippen molar-refractivity contribution in [2.24, 2.45) is 0 Å². The first-order chi connectivity index (χ1) is 38.9. The number of nitrogens with zero attached hydrogens (tertiary/aromatic N) is 3. The predicted octanol–water partition coefficient (Wildman–Crippen LogP) is 22.0. The second kappa shape index (κ2) is 20.4. The fourth-order valence-electron chi connectivity index (χ4n) is 13.9. The number of hydrogen-bond donors (Lipinski definition) is 1. The van der Waals surface area contributed by atoms with E-state index in [4.69, 9.17) is 9.97 Å². The largest absolute Gasteiger partial charge is 0.507 e. The minimum atomic E-state index is -0.321. The quantitative estimate of drug-likeness (QED) is 0.157. The average molecular weight is 1090 g/mol. The van der Waals surface area contributed by atoms with Crippen LogP contribution in [-0.4, -0.2) is 19.6 Å². The van der Waals surface area contributed by atoms with Crippen LogP contribution in [0.5, 0.6) is 5.75 Å². The van der Waals surface area contributed by atoms with Crippen LogP contribution in [0.2, 0.25) is 0 Å². The van der Waals surface area contributed by atoms with E-state index in [-0.39, 0.29) is 44.7 Å². The van der Waals surface area contributed by atoms with Gasteiger partial charge in [-0.25, -0.2) is 9.97 Å². The molecule has 0 saturated carbocycles. The maximum Gasteiger partial charge on any atom is 0.145 e. The molecule has 0 bridgehead atoms. The van der Waals surface area contributed by atoms with Crippen molar-refractivity contribution in [3.8, 4) is 78.7 Å². The number of aromatic hydroxyl groups is 1. The second-order valence-electron chi connectivity index (χ2n) is 29.4. The van der Waals surface area contributed by atoms with Crippen LogP contribution in [0.4, 0.5) is 0 Å². The Hall–Kier alpha value is -7.56. The number of aromatic nitrogens is 3. The molecule has 1 aliphatic carbocycles. The maximum atomic E-state index is 12.6. The summed E-state index contributed by atoms with van der Waals surface area (Å²) >= 11 is 0. The van der Waals surface area contributed by atoms with Crippen LogP contribution in [-0.2, 0) is 27.1 Å². The van der Waals surface area contributed by atoms with Gasteiger partial charge in [-0.05, 0) is 209 Å². The zero-order valence-electron chi connectivity index (χ0n) is 53.1. The number of para-hydroxylation sites is 2. The first kappa shape index (κ1) is 57.3. The zero-order chi connectivity index (χ0) is 59.6. The van der Waals surface area contributed by atoms with Crippen molar-refractivity contribution in [3.05, 3.63) is 202 Å². The van der Waals surface area contributed by atoms with Gasteiger partial charge < -0.3 is 5.11 Å². The number of aryl methyl sites for hydroxylation is 2. The van der Waals surface area contributed by atoms with Crippen molar-refractivity contribution in [2.45, 2.75) is 177 Å². The Morgan fingerprint density at radius 1 is 0.482 bits per heavy atom. The molecule has 0 aliphatic heterocycles. The molecule has 11 rings (SSSR count). The molecule has 0 saturated heterocycles. The highest BCUT2D eigenvalue weighted by Gasteiger charge is 2.39. The van der Waals surface area contributed by atoms with Gasteiger partial charge in [-0.15, -0.1) is 0 Å². The van der Waals surface area contributed by atoms with E-state index in [0.29, 0.717) is 0 Å². The summed E-state index contributed by atoms with van der Waals surface area (Å²) in [6.45, 7) is 43.7. The van der Waals surface area contributed by atoms with Gasteiger partial charge in [0.15, 0.2) is 0 Å². The highest BCUT2D eigenvalue weighted by Crippen LogP contribution is 2.52. The van der Waals surface area contributed by atoms with Crippen LogP contribution >= 0.6 is 0 Å². The fourth-order valence-corrected chi connectivity index (χ4v) is 13.9. The Kier molecular flexibility index (Phi) is 14.0. The average Bonchev–Trinajstić information content (AvgIpc) is 2.54. The lowest BCUT2D eigenvalue weighted by Crippen LogP contribution is -2.34. The van der Waals surface area contributed by atoms with Crippen molar-refractivity contribution in [3.63, 3.8) is 0 Å². The van der Waals surface area contributed by atoms with E-state index in [1.54, 1.807) is 0 Å². The van der Waals surface area contributed by atoms with Gasteiger partial charge in [0.25, 0.3) is 0 Å². The lowest BCUT2D eigenvalue weighted by atomic mass is 9.61. The lowest BCUT2D eigenvalue weighted by molar-refractivity contribution is 0.341. The van der Waals surface area contributed by atoms with Gasteiger partial charge in [0.05, 0.1) is 28.1 Å². The minimum absolute atomic E-state index is 0.0548. The Morgan fingerprint density at radius 3 is 1.67 bits per heavy atom. The van der Waals surface area contributed by atoms with Gasteiger partial charge in [-0.3, -0.25) is 4.57 Å². The normalized spacial score (nSPS) is 14.4. The molecule has 4 nitrogen and oxygen atoms in total. The Balaban J connectivity index is 1.17. The molecule has 8 aromatic carbocycles. The summed E-state index contributed by atoms with van der Waals surface area (Å²) in [6.07, 6.45) is 1.11. The lowest BCUT2D eigenvalue weighted by Gasteiger charge is -2.42. The van der Waals surface area contributed by atoms with Crippen molar-refractivity contribution < 1.29 is 5.11 Å². The number of hydrogen-bond acceptors (Lipinski definition) is 3. The molecule has 0 fully saturated rings. The molecule has 1 N–H and O–H groups in total. The molecule has 0 atom stereocenters. The molecule has 10 aromatic rings. The molecule has 1 aliphatic rings. The highest BCUT2D eigenvalue weighted by molar-refractivity contribution is 6.02. The van der Waals surface area contributed by atoms with Crippen molar-refractivity contribution in [2.75, 3.05) is 0 Å². The summed E-state index contributed by atoms with van der Waals surface area (Å²) in [7, 11) is 0. The van der Waals surface area contributed by atoms with Crippen LogP contribution in [0.15, 0.2) is 152 Å². The van der Waals surface area contributed by atoms with Gasteiger partial charge in [-0.1, -0.05) is 209 Å². The number of benzene rings is 8. The molecule has 0 unspecified atom stereocenters. The number of pyridine rings is 1. The van der Waals surface area contributed by atoms with Crippen molar-refractivity contribution >= 4 is 21.8 Å². The molecule has 4 heteroatoms. The minimum Gasteiger partial charge on any atom is -0.507 e. The Labute approximate surface area is 496 Å². The third-order valence-electron chi connectivity index (χ3n) is 18.1. The number of rotatable bonds is 9. The molecule has 424 valence electrons. The summed E-state index contributed by atoms with van der Waals surface area (Å²) in [5, 5.41) is 15.3. The summed E-state index contributed by atoms with van der Waals surface area (Å²) < 4.78 is 2.48. The monoisotopic (exact) mass is 1090 g/mol. The smallest absolute Gasteiger partial charge is 0.145 e. The third-order valence-corrected chi connectivity index (χ3v) is 18.1. The molecule has 83 heavy (non-hydrogen) atoms. The van der Waals surface area contributed by atoms with Crippen molar-refractivity contribution in [1.29, 1.82) is 0 Å². The molecule has 2 heterocycles. The van der Waals surface area contributed by atoms with Gasteiger partial charge in [0.1, 0.15) is 11.6 Å². The second-order valence-corrected chi connectivity index (χ2v) is 29.4. The predicted molar refractivity (Wildman–Crippen MR) is 355 cm³/mol. The van der Waals surface area contributed by atoms with Crippen molar-refractivity contribution in [1.82, 2.24) is 14.5 Å². The SMILES string of the molecule is Cc1cc(-c2ccccc2)cc(C)c1-c1cc(-c2cc(-c3nc4ccccc4n3-c3c(C(C)C)cc(-c4ccc5c6c(cccc46)C(C)(C)CC5(C)C)cc3C(C)C)cc(C(C)(C)C)c2)nc(-c2cc(C(C)(C)C)cc(C(C)(C)C)c2O)c1. The topological polar surface area (TPSA) is 50.9 Å². The van der Waals surface area contributed by atoms with Gasteiger partial charge in [0.2, 0.25) is 0 Å². The van der Waals surface area contributed by atoms with E-state index in [0.717, 1.165) is 73.6 Å². The fraction of sp³-hybridized carbons (Fsp3) is 0.342. The summed E-state index contributed by atoms with van der Waals surface area (Å²) in [5.41, 5.74) is 25.1. The summed E-state index contributed by atoms with van der Waals surface area (Å²) in [6, 6.07) is 56.7. The first-order valence-electron chi connectivity index (χ1n) is 30.4. The van der Waals surface area contributed by atoms with E-state index >= 15 is 0 Å². The summed E-state index contributed by atoms with van der Waals surface area (Å²) in [5.74, 6) is 1.55. The number of phenols is 1. The first-order valence-corrected chi connectivity index (χ1v) is 30.4. The Morgan fingerprint density at radius 2 is 1.06 bits per heavy atom. The van der Waals surface area contributed by atoms with Crippen LogP contribution in [0, 0.1) is 13.8 Å². The summed E-state index contributed by atoms with van der Waals surface area (Å²) in [4.78, 5) is 11.4.